The molecule has 1 fully saturated rings. The third-order valence-corrected chi connectivity index (χ3v) is 4.69. The van der Waals surface area contributed by atoms with Gasteiger partial charge in [-0.15, -0.1) is 0 Å². The molecule has 0 N–H and O–H groups in total. The number of ether oxygens (including phenoxy) is 3. The zero-order valence-corrected chi connectivity index (χ0v) is 14.1. The zero-order valence-electron chi connectivity index (χ0n) is 13.3. The van der Waals surface area contributed by atoms with E-state index in [1.807, 2.05) is 0 Å². The van der Waals surface area contributed by atoms with E-state index in [-0.39, 0.29) is 18.1 Å². The Morgan fingerprint density at radius 3 is 2.31 bits per heavy atom. The van der Waals surface area contributed by atoms with E-state index in [9.17, 15) is 19.4 Å². The number of hydrogen-bond donors (Lipinski definition) is 0. The molecule has 0 amide bonds. The highest BCUT2D eigenvalue weighted by Gasteiger charge is 2.65. The number of nitrogens with zero attached hydrogens (tertiary/aromatic N) is 2. The molecule has 11 heteroatoms. The first-order chi connectivity index (χ1) is 12.0. The van der Waals surface area contributed by atoms with Gasteiger partial charge in [0.1, 0.15) is 17.8 Å². The van der Waals surface area contributed by atoms with Gasteiger partial charge in [-0.25, -0.2) is 9.97 Å². The third-order valence-electron chi connectivity index (χ3n) is 3.53. The molecular formula is C15H15F5N2O3S. The van der Waals surface area contributed by atoms with Gasteiger partial charge in [0.25, 0.3) is 0 Å². The van der Waals surface area contributed by atoms with Crippen LogP contribution in [-0.2, 0) is 16.1 Å². The summed E-state index contributed by atoms with van der Waals surface area (Å²) in [6, 6.07) is 2.55. The van der Waals surface area contributed by atoms with Gasteiger partial charge >= 0.3 is 10.2 Å². The maximum atomic E-state index is 12.7. The van der Waals surface area contributed by atoms with Gasteiger partial charge < -0.3 is 14.2 Å². The Labute approximate surface area is 145 Å². The van der Waals surface area contributed by atoms with Crippen molar-refractivity contribution in [3.8, 4) is 5.88 Å². The number of rotatable bonds is 5. The van der Waals surface area contributed by atoms with Gasteiger partial charge in [-0.1, -0.05) is 31.6 Å². The van der Waals surface area contributed by atoms with Crippen molar-refractivity contribution in [1.29, 1.82) is 0 Å². The normalized spacial score (nSPS) is 18.8. The molecule has 1 aromatic carbocycles. The van der Waals surface area contributed by atoms with E-state index in [2.05, 4.69) is 9.97 Å². The monoisotopic (exact) mass is 398 g/mol. The highest BCUT2D eigenvalue weighted by Crippen LogP contribution is 3.02. The third kappa shape index (κ3) is 4.59. The van der Waals surface area contributed by atoms with Gasteiger partial charge in [-0.05, 0) is 24.1 Å². The molecule has 26 heavy (non-hydrogen) atoms. The number of aromatic nitrogens is 2. The standard InChI is InChI=1S/C15H15F5N2O3S/c16-26(17,18,19,20)12-4-2-11(3-5-12)9-25-14-13(8-21-10-22-14)15-23-6-1-7-24-15/h2-5,8,10,15H,1,6-7,9H2. The highest BCUT2D eigenvalue weighted by molar-refractivity contribution is 8.45. The molecule has 1 aliphatic heterocycles. The Morgan fingerprint density at radius 2 is 1.69 bits per heavy atom. The van der Waals surface area contributed by atoms with Crippen LogP contribution in [0.25, 0.3) is 0 Å². The molecule has 0 atom stereocenters. The summed E-state index contributed by atoms with van der Waals surface area (Å²) in [4.78, 5) is 5.89. The van der Waals surface area contributed by atoms with Crippen molar-refractivity contribution in [2.24, 2.45) is 0 Å². The van der Waals surface area contributed by atoms with Crippen molar-refractivity contribution >= 4 is 10.2 Å². The van der Waals surface area contributed by atoms with Crippen molar-refractivity contribution in [2.75, 3.05) is 13.2 Å². The van der Waals surface area contributed by atoms with Crippen molar-refractivity contribution in [2.45, 2.75) is 24.2 Å². The average Bonchev–Trinajstić information content (AvgIpc) is 2.59. The molecule has 0 bridgehead atoms. The minimum Gasteiger partial charge on any atom is -0.472 e. The summed E-state index contributed by atoms with van der Waals surface area (Å²) in [5.41, 5.74) is 0.710. The minimum absolute atomic E-state index is 0.142. The lowest BCUT2D eigenvalue weighted by Gasteiger charge is -2.40. The molecule has 2 heterocycles. The Balaban J connectivity index is 1.72. The zero-order chi connectivity index (χ0) is 18.9. The first-order valence-electron chi connectivity index (χ1n) is 7.52. The predicted octanol–water partition coefficient (Wildman–Crippen LogP) is 5.15. The summed E-state index contributed by atoms with van der Waals surface area (Å²) in [7, 11) is -9.68. The van der Waals surface area contributed by atoms with Crippen LogP contribution in [0.4, 0.5) is 19.4 Å². The van der Waals surface area contributed by atoms with Gasteiger partial charge in [0.2, 0.25) is 5.88 Å². The maximum absolute atomic E-state index is 12.7. The van der Waals surface area contributed by atoms with Crippen LogP contribution in [0, 0.1) is 0 Å². The van der Waals surface area contributed by atoms with Gasteiger partial charge in [0, 0.05) is 6.20 Å². The van der Waals surface area contributed by atoms with E-state index in [1.165, 1.54) is 12.5 Å². The summed E-state index contributed by atoms with van der Waals surface area (Å²) in [5, 5.41) is 0. The molecule has 0 spiro atoms. The summed E-state index contributed by atoms with van der Waals surface area (Å²) >= 11 is 0. The first kappa shape index (κ1) is 18.8. The first-order valence-corrected chi connectivity index (χ1v) is 9.47. The molecule has 1 aliphatic rings. The van der Waals surface area contributed by atoms with Crippen molar-refractivity contribution in [3.05, 3.63) is 47.9 Å². The van der Waals surface area contributed by atoms with Crippen LogP contribution in [0.3, 0.4) is 0 Å². The second-order valence-electron chi connectivity index (χ2n) is 5.61. The van der Waals surface area contributed by atoms with Crippen molar-refractivity contribution < 1.29 is 33.6 Å². The summed E-state index contributed by atoms with van der Waals surface area (Å²) < 4.78 is 79.9. The predicted molar refractivity (Wildman–Crippen MR) is 83.5 cm³/mol. The van der Waals surface area contributed by atoms with Gasteiger partial charge in [0.05, 0.1) is 18.8 Å². The molecule has 3 rings (SSSR count). The lowest BCUT2D eigenvalue weighted by Crippen LogP contribution is -2.19. The van der Waals surface area contributed by atoms with E-state index >= 15 is 0 Å². The van der Waals surface area contributed by atoms with Crippen molar-refractivity contribution in [1.82, 2.24) is 9.97 Å². The summed E-state index contributed by atoms with van der Waals surface area (Å²) in [5.74, 6) is 0.142. The molecule has 0 aliphatic carbocycles. The fraction of sp³-hybridized carbons (Fsp3) is 0.333. The summed E-state index contributed by atoms with van der Waals surface area (Å²) in [6.45, 7) is 0.820. The fourth-order valence-corrected chi connectivity index (χ4v) is 2.92. The van der Waals surface area contributed by atoms with Gasteiger partial charge in [-0.2, -0.15) is 0 Å². The van der Waals surface area contributed by atoms with Gasteiger partial charge in [0.15, 0.2) is 6.29 Å². The lowest BCUT2D eigenvalue weighted by atomic mass is 10.2. The molecule has 0 saturated carbocycles. The molecule has 1 aromatic heterocycles. The van der Waals surface area contributed by atoms with Crippen molar-refractivity contribution in [3.63, 3.8) is 0 Å². The average molecular weight is 398 g/mol. The van der Waals surface area contributed by atoms with E-state index in [0.29, 0.717) is 30.9 Å². The molecule has 2 aromatic rings. The Morgan fingerprint density at radius 1 is 1.04 bits per heavy atom. The van der Waals surface area contributed by atoms with Crippen LogP contribution in [0.2, 0.25) is 0 Å². The van der Waals surface area contributed by atoms with Gasteiger partial charge in [-0.3, -0.25) is 0 Å². The van der Waals surface area contributed by atoms with Crippen LogP contribution in [0.15, 0.2) is 41.7 Å². The van der Waals surface area contributed by atoms with E-state index in [4.69, 9.17) is 14.2 Å². The number of halogens is 5. The fourth-order valence-electron chi connectivity index (χ4n) is 2.27. The van der Waals surface area contributed by atoms with Crippen LogP contribution in [-0.4, -0.2) is 23.2 Å². The summed E-state index contributed by atoms with van der Waals surface area (Å²) in [6.07, 6.45) is 2.74. The molecule has 1 saturated heterocycles. The maximum Gasteiger partial charge on any atom is 0.310 e. The van der Waals surface area contributed by atoms with E-state index < -0.39 is 21.4 Å². The molecule has 144 valence electrons. The van der Waals surface area contributed by atoms with Crippen LogP contribution >= 0.6 is 10.2 Å². The lowest BCUT2D eigenvalue weighted by molar-refractivity contribution is -0.184. The largest absolute Gasteiger partial charge is 0.472 e. The minimum atomic E-state index is -9.68. The Hall–Kier alpha value is -1.98. The van der Waals surface area contributed by atoms with E-state index in [0.717, 1.165) is 18.6 Å². The number of hydrogen-bond acceptors (Lipinski definition) is 5. The van der Waals surface area contributed by atoms with E-state index in [1.54, 1.807) is 0 Å². The second-order valence-corrected chi connectivity index (χ2v) is 8.02. The molecule has 0 unspecified atom stereocenters. The van der Waals surface area contributed by atoms with Crippen LogP contribution in [0.5, 0.6) is 5.88 Å². The topological polar surface area (TPSA) is 53.5 Å². The molecular weight excluding hydrogens is 383 g/mol. The smallest absolute Gasteiger partial charge is 0.310 e. The number of benzene rings is 1. The SMILES string of the molecule is FS(F)(F)(F)(F)c1ccc(COc2ncncc2C2OCCCO2)cc1. The van der Waals surface area contributed by atoms with Crippen LogP contribution in [0.1, 0.15) is 23.8 Å². The Kier molecular flexibility index (Phi) is 4.36. The Bertz CT molecular complexity index is 780. The molecule has 0 radical (unpaired) electrons. The highest BCUT2D eigenvalue weighted by atomic mass is 32.5. The quantitative estimate of drug-likeness (QED) is 0.652. The van der Waals surface area contributed by atoms with Crippen LogP contribution < -0.4 is 4.74 Å². The second kappa shape index (κ2) is 6.03. The molecule has 5 nitrogen and oxygen atoms in total.